The number of imide groups is 1. The van der Waals surface area contributed by atoms with Gasteiger partial charge in [0, 0.05) is 31.1 Å². The Labute approximate surface area is 165 Å². The van der Waals surface area contributed by atoms with Gasteiger partial charge < -0.3 is 10.2 Å². The fourth-order valence-electron chi connectivity index (χ4n) is 4.59. The van der Waals surface area contributed by atoms with Crippen molar-refractivity contribution < 1.29 is 14.4 Å². The molecule has 150 valence electrons. The van der Waals surface area contributed by atoms with Crippen LogP contribution in [0, 0.1) is 0 Å². The summed E-state index contributed by atoms with van der Waals surface area (Å²) in [5, 5.41) is 5.74. The second kappa shape index (κ2) is 8.01. The van der Waals surface area contributed by atoms with Crippen LogP contribution in [0.5, 0.6) is 0 Å². The molecule has 1 aromatic carbocycles. The lowest BCUT2D eigenvalue weighted by atomic mass is 10.0. The third kappa shape index (κ3) is 3.82. The molecule has 3 heterocycles. The van der Waals surface area contributed by atoms with Gasteiger partial charge in [0.05, 0.1) is 0 Å². The average molecular weight is 384 g/mol. The number of hydrogen-bond donors (Lipinski definition) is 2. The van der Waals surface area contributed by atoms with Crippen LogP contribution in [0.25, 0.3) is 0 Å². The molecule has 2 atom stereocenters. The van der Waals surface area contributed by atoms with Crippen LogP contribution in [-0.2, 0) is 22.7 Å². The van der Waals surface area contributed by atoms with Crippen LogP contribution in [0.15, 0.2) is 18.2 Å². The van der Waals surface area contributed by atoms with E-state index in [0.29, 0.717) is 24.6 Å². The maximum Gasteiger partial charge on any atom is 0.255 e. The van der Waals surface area contributed by atoms with Crippen LogP contribution in [0.1, 0.15) is 53.6 Å². The maximum absolute atomic E-state index is 12.8. The van der Waals surface area contributed by atoms with Crippen LogP contribution in [0.2, 0.25) is 0 Å². The summed E-state index contributed by atoms with van der Waals surface area (Å²) < 4.78 is 0. The highest BCUT2D eigenvalue weighted by molar-refractivity contribution is 6.05. The van der Waals surface area contributed by atoms with Crippen molar-refractivity contribution in [3.05, 3.63) is 34.9 Å². The number of hydrogen-bond acceptors (Lipinski definition) is 5. The standard InChI is InChI=1S/C21H28N4O3/c1-22-16-3-2-9-24(10-8-16)12-14-4-5-17-15(11-14)13-25(21(17)28)18-6-7-19(26)23-20(18)27/h4-5,11,16,18,22H,2-3,6-10,12-13H2,1H3,(H,23,26,27). The molecule has 0 spiro atoms. The number of fused-ring (bicyclic) bond motifs is 1. The van der Waals surface area contributed by atoms with E-state index in [2.05, 4.69) is 21.6 Å². The fourth-order valence-corrected chi connectivity index (χ4v) is 4.59. The molecule has 0 aliphatic carbocycles. The summed E-state index contributed by atoms with van der Waals surface area (Å²) >= 11 is 0. The van der Waals surface area contributed by atoms with E-state index < -0.39 is 6.04 Å². The van der Waals surface area contributed by atoms with Gasteiger partial charge in [-0.05, 0) is 63.0 Å². The first-order valence-corrected chi connectivity index (χ1v) is 10.2. The summed E-state index contributed by atoms with van der Waals surface area (Å²) in [6.45, 7) is 3.49. The average Bonchev–Trinajstić information content (AvgIpc) is 2.85. The molecule has 1 aromatic rings. The van der Waals surface area contributed by atoms with Crippen molar-refractivity contribution in [2.75, 3.05) is 20.1 Å². The number of nitrogens with one attached hydrogen (secondary N) is 2. The van der Waals surface area contributed by atoms with E-state index in [1.807, 2.05) is 19.2 Å². The third-order valence-electron chi connectivity index (χ3n) is 6.22. The van der Waals surface area contributed by atoms with E-state index in [4.69, 9.17) is 0 Å². The Hall–Kier alpha value is -2.25. The molecule has 3 aliphatic heterocycles. The van der Waals surface area contributed by atoms with E-state index in [1.165, 1.54) is 18.4 Å². The second-order valence-electron chi connectivity index (χ2n) is 8.08. The first kappa shape index (κ1) is 19.1. The highest BCUT2D eigenvalue weighted by Crippen LogP contribution is 2.28. The second-order valence-corrected chi connectivity index (χ2v) is 8.08. The van der Waals surface area contributed by atoms with Gasteiger partial charge in [-0.3, -0.25) is 24.6 Å². The largest absolute Gasteiger partial charge is 0.322 e. The Balaban J connectivity index is 1.44. The third-order valence-corrected chi connectivity index (χ3v) is 6.22. The molecular weight excluding hydrogens is 356 g/mol. The molecule has 3 aliphatic rings. The zero-order chi connectivity index (χ0) is 19.7. The van der Waals surface area contributed by atoms with Gasteiger partial charge in [0.15, 0.2) is 0 Å². The van der Waals surface area contributed by atoms with Crippen LogP contribution < -0.4 is 10.6 Å². The number of amides is 3. The van der Waals surface area contributed by atoms with Gasteiger partial charge in [-0.2, -0.15) is 0 Å². The zero-order valence-electron chi connectivity index (χ0n) is 16.4. The van der Waals surface area contributed by atoms with Crippen LogP contribution >= 0.6 is 0 Å². The number of carbonyl (C=O) groups excluding carboxylic acids is 3. The topological polar surface area (TPSA) is 81.8 Å². The summed E-state index contributed by atoms with van der Waals surface area (Å²) in [5.74, 6) is -0.727. The number of carbonyl (C=O) groups is 3. The molecule has 2 fully saturated rings. The Morgan fingerprint density at radius 2 is 2.00 bits per heavy atom. The van der Waals surface area contributed by atoms with Gasteiger partial charge in [0.2, 0.25) is 11.8 Å². The van der Waals surface area contributed by atoms with Crippen molar-refractivity contribution in [3.63, 3.8) is 0 Å². The van der Waals surface area contributed by atoms with Gasteiger partial charge in [-0.15, -0.1) is 0 Å². The van der Waals surface area contributed by atoms with Gasteiger partial charge in [-0.1, -0.05) is 12.1 Å². The molecule has 0 saturated carbocycles. The summed E-state index contributed by atoms with van der Waals surface area (Å²) in [4.78, 5) is 40.4. The van der Waals surface area contributed by atoms with Crippen LogP contribution in [0.3, 0.4) is 0 Å². The number of piperidine rings is 1. The van der Waals surface area contributed by atoms with Crippen LogP contribution in [-0.4, -0.2) is 59.7 Å². The summed E-state index contributed by atoms with van der Waals surface area (Å²) in [7, 11) is 2.03. The monoisotopic (exact) mass is 384 g/mol. The Kier molecular flexibility index (Phi) is 5.46. The first-order valence-electron chi connectivity index (χ1n) is 10.2. The lowest BCUT2D eigenvalue weighted by Crippen LogP contribution is -2.52. The molecule has 0 aromatic heterocycles. The van der Waals surface area contributed by atoms with Crippen molar-refractivity contribution >= 4 is 17.7 Å². The number of rotatable bonds is 4. The lowest BCUT2D eigenvalue weighted by Gasteiger charge is -2.29. The summed E-state index contributed by atoms with van der Waals surface area (Å²) in [6.07, 6.45) is 4.25. The van der Waals surface area contributed by atoms with Gasteiger partial charge in [0.25, 0.3) is 5.91 Å². The van der Waals surface area contributed by atoms with E-state index in [-0.39, 0.29) is 24.1 Å². The molecule has 0 bridgehead atoms. The Bertz CT molecular complexity index is 794. The predicted octanol–water partition coefficient (Wildman–Crippen LogP) is 1.02. The zero-order valence-corrected chi connectivity index (χ0v) is 16.4. The number of likely N-dealkylation sites (tertiary alicyclic amines) is 1. The molecular formula is C21H28N4O3. The molecule has 2 unspecified atom stereocenters. The Morgan fingerprint density at radius 3 is 2.79 bits per heavy atom. The molecule has 4 rings (SSSR count). The van der Waals surface area contributed by atoms with Crippen molar-refractivity contribution in [3.8, 4) is 0 Å². The SMILES string of the molecule is CNC1CCCN(Cc2ccc3c(c2)CN(C2CCC(=O)NC2=O)C3=O)CC1. The highest BCUT2D eigenvalue weighted by Gasteiger charge is 2.39. The van der Waals surface area contributed by atoms with Crippen molar-refractivity contribution in [2.24, 2.45) is 0 Å². The molecule has 3 amide bonds. The van der Waals surface area contributed by atoms with E-state index in [9.17, 15) is 14.4 Å². The van der Waals surface area contributed by atoms with Gasteiger partial charge >= 0.3 is 0 Å². The van der Waals surface area contributed by atoms with E-state index >= 15 is 0 Å². The lowest BCUT2D eigenvalue weighted by molar-refractivity contribution is -0.136. The first-order chi connectivity index (χ1) is 13.5. The van der Waals surface area contributed by atoms with Gasteiger partial charge in [0.1, 0.15) is 6.04 Å². The summed E-state index contributed by atoms with van der Waals surface area (Å²) in [6, 6.07) is 6.09. The smallest absolute Gasteiger partial charge is 0.255 e. The number of benzene rings is 1. The number of nitrogens with zero attached hydrogens (tertiary/aromatic N) is 2. The highest BCUT2D eigenvalue weighted by atomic mass is 16.2. The fraction of sp³-hybridized carbons (Fsp3) is 0.571. The molecule has 0 radical (unpaired) electrons. The van der Waals surface area contributed by atoms with Crippen molar-refractivity contribution in [2.45, 2.75) is 57.3 Å². The molecule has 2 saturated heterocycles. The normalized spacial score (nSPS) is 26.2. The molecule has 2 N–H and O–H groups in total. The predicted molar refractivity (Wildman–Crippen MR) is 104 cm³/mol. The Morgan fingerprint density at radius 1 is 1.14 bits per heavy atom. The molecule has 28 heavy (non-hydrogen) atoms. The molecule has 7 heteroatoms. The summed E-state index contributed by atoms with van der Waals surface area (Å²) in [5.41, 5.74) is 2.87. The molecule has 7 nitrogen and oxygen atoms in total. The minimum absolute atomic E-state index is 0.109. The quantitative estimate of drug-likeness (QED) is 0.758. The van der Waals surface area contributed by atoms with Gasteiger partial charge in [-0.25, -0.2) is 0 Å². The van der Waals surface area contributed by atoms with Crippen LogP contribution in [0.4, 0.5) is 0 Å². The van der Waals surface area contributed by atoms with E-state index in [1.54, 1.807) is 4.90 Å². The minimum atomic E-state index is -0.551. The maximum atomic E-state index is 12.8. The van der Waals surface area contributed by atoms with Crippen molar-refractivity contribution in [1.82, 2.24) is 20.4 Å². The minimum Gasteiger partial charge on any atom is -0.322 e. The van der Waals surface area contributed by atoms with E-state index in [0.717, 1.165) is 31.6 Å². The van der Waals surface area contributed by atoms with Crippen molar-refractivity contribution in [1.29, 1.82) is 0 Å².